The number of carbonyl (C=O) groups excluding carboxylic acids is 1. The molecule has 1 aliphatic heterocycles. The minimum atomic E-state index is -0.873. The Morgan fingerprint density at radius 1 is 1.47 bits per heavy atom. The molecule has 0 bridgehead atoms. The second kappa shape index (κ2) is 4.51. The zero-order valence-corrected chi connectivity index (χ0v) is 13.0. The highest BCUT2D eigenvalue weighted by Gasteiger charge is 2.68. The van der Waals surface area contributed by atoms with Crippen molar-refractivity contribution in [1.82, 2.24) is 4.90 Å². The zero-order valence-electron chi connectivity index (χ0n) is 10.7. The molecule has 2 nitrogen and oxygen atoms in total. The van der Waals surface area contributed by atoms with Crippen LogP contribution in [0.4, 0.5) is 0 Å². The van der Waals surface area contributed by atoms with E-state index in [4.69, 9.17) is 23.2 Å². The second-order valence-electron chi connectivity index (χ2n) is 5.42. The Bertz CT molecular complexity index is 538. The molecule has 5 heteroatoms. The highest BCUT2D eigenvalue weighted by Crippen LogP contribution is 2.64. The van der Waals surface area contributed by atoms with Gasteiger partial charge < -0.3 is 4.90 Å². The van der Waals surface area contributed by atoms with E-state index in [1.165, 1.54) is 10.5 Å². The van der Waals surface area contributed by atoms with E-state index >= 15 is 0 Å². The summed E-state index contributed by atoms with van der Waals surface area (Å²) in [5, 5.41) is 2.08. The lowest BCUT2D eigenvalue weighted by atomic mass is 10.0. The summed E-state index contributed by atoms with van der Waals surface area (Å²) in [6.45, 7) is 3.27. The van der Waals surface area contributed by atoms with Crippen LogP contribution in [0.1, 0.15) is 24.6 Å². The van der Waals surface area contributed by atoms with Crippen molar-refractivity contribution < 1.29 is 4.79 Å². The Kier molecular flexibility index (Phi) is 3.19. The standard InChI is InChI=1S/C14H15Cl2NOS/c1-13(9-14(13,15)16)12(18)17-6-4-10(5-7-17)11-3-2-8-19-11/h2-4,8H,5-7,9H2,1H3. The Morgan fingerprint density at radius 3 is 2.68 bits per heavy atom. The molecule has 19 heavy (non-hydrogen) atoms. The van der Waals surface area contributed by atoms with E-state index in [1.54, 1.807) is 11.3 Å². The van der Waals surface area contributed by atoms with Gasteiger partial charge in [-0.25, -0.2) is 0 Å². The van der Waals surface area contributed by atoms with Crippen LogP contribution in [0.2, 0.25) is 0 Å². The van der Waals surface area contributed by atoms with E-state index < -0.39 is 9.75 Å². The van der Waals surface area contributed by atoms with Crippen LogP contribution in [0.3, 0.4) is 0 Å². The Balaban J connectivity index is 1.69. The van der Waals surface area contributed by atoms with Gasteiger partial charge in [0.1, 0.15) is 4.33 Å². The maximum absolute atomic E-state index is 12.4. The first kappa shape index (κ1) is 13.5. The molecule has 1 saturated carbocycles. The lowest BCUT2D eigenvalue weighted by Crippen LogP contribution is -2.40. The summed E-state index contributed by atoms with van der Waals surface area (Å²) in [4.78, 5) is 15.6. The van der Waals surface area contributed by atoms with Crippen LogP contribution < -0.4 is 0 Å². The van der Waals surface area contributed by atoms with Gasteiger partial charge in [0.2, 0.25) is 5.91 Å². The molecule has 0 aromatic carbocycles. The molecule has 1 aromatic heterocycles. The molecule has 102 valence electrons. The van der Waals surface area contributed by atoms with Crippen LogP contribution in [-0.2, 0) is 4.79 Å². The van der Waals surface area contributed by atoms with Crippen molar-refractivity contribution in [2.24, 2.45) is 5.41 Å². The number of amides is 1. The molecule has 0 N–H and O–H groups in total. The molecule has 1 aromatic rings. The molecular weight excluding hydrogens is 301 g/mol. The van der Waals surface area contributed by atoms with Crippen molar-refractivity contribution in [3.63, 3.8) is 0 Å². The second-order valence-corrected chi connectivity index (χ2v) is 7.85. The number of thiophene rings is 1. The number of halogens is 2. The van der Waals surface area contributed by atoms with Crippen LogP contribution in [0, 0.1) is 5.41 Å². The average molecular weight is 316 g/mol. The summed E-state index contributed by atoms with van der Waals surface area (Å²) in [5.74, 6) is 0.0824. The van der Waals surface area contributed by atoms with Gasteiger partial charge in [-0.2, -0.15) is 0 Å². The van der Waals surface area contributed by atoms with Crippen LogP contribution >= 0.6 is 34.5 Å². The van der Waals surface area contributed by atoms with Crippen molar-refractivity contribution in [3.8, 4) is 0 Å². The molecule has 1 atom stereocenters. The maximum Gasteiger partial charge on any atom is 0.231 e. The summed E-state index contributed by atoms with van der Waals surface area (Å²) in [7, 11) is 0. The fourth-order valence-corrected chi connectivity index (χ4v) is 4.01. The highest BCUT2D eigenvalue weighted by molar-refractivity contribution is 7.11. The van der Waals surface area contributed by atoms with Gasteiger partial charge in [0, 0.05) is 18.0 Å². The van der Waals surface area contributed by atoms with Gasteiger partial charge in [0.05, 0.1) is 5.41 Å². The number of hydrogen-bond donors (Lipinski definition) is 0. The number of carbonyl (C=O) groups is 1. The molecule has 1 amide bonds. The molecular formula is C14H15Cl2NOS. The van der Waals surface area contributed by atoms with Crippen LogP contribution in [-0.4, -0.2) is 28.2 Å². The lowest BCUT2D eigenvalue weighted by molar-refractivity contribution is -0.136. The van der Waals surface area contributed by atoms with Crippen molar-refractivity contribution in [3.05, 3.63) is 28.5 Å². The third-order valence-corrected chi connectivity index (χ3v) is 6.11. The first-order chi connectivity index (χ1) is 8.94. The van der Waals surface area contributed by atoms with Gasteiger partial charge in [-0.3, -0.25) is 4.79 Å². The Morgan fingerprint density at radius 2 is 2.21 bits per heavy atom. The van der Waals surface area contributed by atoms with E-state index in [9.17, 15) is 4.79 Å². The van der Waals surface area contributed by atoms with E-state index in [0.717, 1.165) is 13.0 Å². The van der Waals surface area contributed by atoms with Crippen molar-refractivity contribution in [2.75, 3.05) is 13.1 Å². The Labute approximate surface area is 127 Å². The fourth-order valence-electron chi connectivity index (χ4n) is 2.52. The summed E-state index contributed by atoms with van der Waals surface area (Å²) in [6, 6.07) is 4.18. The monoisotopic (exact) mass is 315 g/mol. The summed E-state index contributed by atoms with van der Waals surface area (Å²) in [6.07, 6.45) is 3.60. The molecule has 2 heterocycles. The predicted molar refractivity (Wildman–Crippen MR) is 80.7 cm³/mol. The van der Waals surface area contributed by atoms with Crippen molar-refractivity contribution in [1.29, 1.82) is 0 Å². The van der Waals surface area contributed by atoms with E-state index in [2.05, 4.69) is 23.6 Å². The summed E-state index contributed by atoms with van der Waals surface area (Å²) < 4.78 is -0.873. The first-order valence-corrected chi connectivity index (χ1v) is 7.98. The molecule has 0 saturated heterocycles. The van der Waals surface area contributed by atoms with Crippen molar-refractivity contribution in [2.45, 2.75) is 24.1 Å². The summed E-state index contributed by atoms with van der Waals surface area (Å²) >= 11 is 13.9. The van der Waals surface area contributed by atoms with Gasteiger partial charge in [0.15, 0.2) is 0 Å². The van der Waals surface area contributed by atoms with Gasteiger partial charge in [-0.1, -0.05) is 12.1 Å². The minimum Gasteiger partial charge on any atom is -0.338 e. The molecule has 0 radical (unpaired) electrons. The van der Waals surface area contributed by atoms with Gasteiger partial charge in [-0.05, 0) is 36.8 Å². The van der Waals surface area contributed by atoms with Gasteiger partial charge in [0.25, 0.3) is 0 Å². The quantitative estimate of drug-likeness (QED) is 0.757. The third kappa shape index (κ3) is 2.22. The van der Waals surface area contributed by atoms with Crippen LogP contribution in [0.15, 0.2) is 23.6 Å². The average Bonchev–Trinajstić information content (AvgIpc) is 2.80. The lowest BCUT2D eigenvalue weighted by Gasteiger charge is -2.29. The Hall–Kier alpha value is -0.510. The largest absolute Gasteiger partial charge is 0.338 e. The molecule has 0 spiro atoms. The molecule has 3 rings (SSSR count). The molecule has 2 aliphatic rings. The van der Waals surface area contributed by atoms with E-state index in [0.29, 0.717) is 13.0 Å². The maximum atomic E-state index is 12.4. The highest BCUT2D eigenvalue weighted by atomic mass is 35.5. The molecule has 1 fully saturated rings. The number of alkyl halides is 2. The van der Waals surface area contributed by atoms with E-state index in [1.807, 2.05) is 11.8 Å². The normalized spacial score (nSPS) is 29.0. The predicted octanol–water partition coefficient (Wildman–Crippen LogP) is 3.95. The fraction of sp³-hybridized carbons (Fsp3) is 0.500. The first-order valence-electron chi connectivity index (χ1n) is 6.34. The number of rotatable bonds is 2. The minimum absolute atomic E-state index is 0.0824. The van der Waals surface area contributed by atoms with Crippen LogP contribution in [0.25, 0.3) is 5.57 Å². The smallest absolute Gasteiger partial charge is 0.231 e. The van der Waals surface area contributed by atoms with E-state index in [-0.39, 0.29) is 5.91 Å². The molecule has 1 unspecified atom stereocenters. The van der Waals surface area contributed by atoms with Crippen LogP contribution in [0.5, 0.6) is 0 Å². The zero-order chi connectivity index (χ0) is 13.7. The SMILES string of the molecule is CC1(C(=O)N2CC=C(c3cccs3)CC2)CC1(Cl)Cl. The topological polar surface area (TPSA) is 20.3 Å². The van der Waals surface area contributed by atoms with Gasteiger partial charge in [-0.15, -0.1) is 34.5 Å². The number of nitrogens with zero attached hydrogens (tertiary/aromatic N) is 1. The summed E-state index contributed by atoms with van der Waals surface area (Å²) in [5.41, 5.74) is 0.743. The third-order valence-electron chi connectivity index (χ3n) is 4.06. The molecule has 1 aliphatic carbocycles. The van der Waals surface area contributed by atoms with Crippen molar-refractivity contribution >= 4 is 46.0 Å². The number of hydrogen-bond acceptors (Lipinski definition) is 2. The van der Waals surface area contributed by atoms with Gasteiger partial charge >= 0.3 is 0 Å².